The first-order valence-corrected chi connectivity index (χ1v) is 30.4. The van der Waals surface area contributed by atoms with Crippen LogP contribution in [0.1, 0.15) is 138 Å². The zero-order valence-electron chi connectivity index (χ0n) is 50.4. The molecule has 0 saturated carbocycles. The van der Waals surface area contributed by atoms with Gasteiger partial charge in [0.2, 0.25) is 0 Å². The van der Waals surface area contributed by atoms with Crippen LogP contribution in [-0.4, -0.2) is 6.71 Å². The summed E-state index contributed by atoms with van der Waals surface area (Å²) in [7, 11) is 0. The van der Waals surface area contributed by atoms with Crippen LogP contribution in [0.4, 0.5) is 34.1 Å². The molecule has 0 amide bonds. The molecule has 2 nitrogen and oxygen atoms in total. The number of nitrogens with zero attached hydrogens (tertiary/aromatic N) is 2. The number of rotatable bonds is 6. The van der Waals surface area contributed by atoms with Crippen molar-refractivity contribution < 1.29 is 0 Å². The number of fused-ring (bicyclic) bond motifs is 12. The first-order valence-electron chi connectivity index (χ1n) is 29.6. The lowest BCUT2D eigenvalue weighted by molar-refractivity contribution is 0.506. The summed E-state index contributed by atoms with van der Waals surface area (Å²) in [5.74, 6) is 0. The van der Waals surface area contributed by atoms with E-state index < -0.39 is 0 Å². The van der Waals surface area contributed by atoms with Crippen LogP contribution in [0.5, 0.6) is 0 Å². The summed E-state index contributed by atoms with van der Waals surface area (Å²) >= 11 is 1.99. The summed E-state index contributed by atoms with van der Waals surface area (Å²) in [5, 5.41) is 9.02. The maximum atomic E-state index is 2.66. The second-order valence-corrected chi connectivity index (χ2v) is 29.4. The Morgan fingerprint density at radius 3 is 1.49 bits per heavy atom. The average Bonchev–Trinajstić information content (AvgIpc) is 2.36. The molecule has 404 valence electrons. The molecule has 0 atom stereocenters. The summed E-state index contributed by atoms with van der Waals surface area (Å²) in [6.07, 6.45) is 1.07. The standard InChI is InChI=1S/C77H77BN2S/c1-16-77(14,15)50-30-34-55(35-31-50)79-66-26-21-27-67-70(66)78(72-71(79)63-46-52(74(5,6)7)33-39-69(63)81-72)64-37-29-47(49-40-53(75(8,9)10)44-54(41-49)76(11,12)13)43-68(64)80(67)65-38-32-51(73(2,3)4)45-61(65)48-28-36-60-58-24-18-17-22-56(58)57-23-19-20-25-59(57)62(60)42-48/h17-46H,16H2,1-15H3. The topological polar surface area (TPSA) is 6.48 Å². The van der Waals surface area contributed by atoms with Gasteiger partial charge in [-0.05, 0) is 182 Å². The van der Waals surface area contributed by atoms with Crippen LogP contribution in [0.15, 0.2) is 182 Å². The highest BCUT2D eigenvalue weighted by atomic mass is 32.1. The fourth-order valence-electron chi connectivity index (χ4n) is 13.0. The summed E-state index contributed by atoms with van der Waals surface area (Å²) in [5.41, 5.74) is 21.6. The van der Waals surface area contributed by atoms with E-state index in [4.69, 9.17) is 0 Å². The van der Waals surface area contributed by atoms with Crippen LogP contribution in [0.3, 0.4) is 0 Å². The minimum absolute atomic E-state index is 0.0137. The van der Waals surface area contributed by atoms with Crippen molar-refractivity contribution in [1.82, 2.24) is 0 Å². The minimum Gasteiger partial charge on any atom is -0.311 e. The van der Waals surface area contributed by atoms with Crippen molar-refractivity contribution in [3.8, 4) is 22.3 Å². The summed E-state index contributed by atoms with van der Waals surface area (Å²) in [4.78, 5) is 5.29. The molecule has 4 heteroatoms. The van der Waals surface area contributed by atoms with Crippen molar-refractivity contribution in [3.05, 3.63) is 210 Å². The largest absolute Gasteiger partial charge is 0.311 e. The average molecular weight is 1070 g/mol. The Bertz CT molecular complexity index is 4280. The first kappa shape index (κ1) is 52.9. The minimum atomic E-state index is -0.0906. The predicted molar refractivity (Wildman–Crippen MR) is 357 cm³/mol. The third-order valence-corrected chi connectivity index (χ3v) is 19.6. The van der Waals surface area contributed by atoms with Gasteiger partial charge in [0.15, 0.2) is 0 Å². The van der Waals surface area contributed by atoms with Crippen molar-refractivity contribution in [2.24, 2.45) is 0 Å². The normalized spacial score (nSPS) is 13.8. The van der Waals surface area contributed by atoms with Gasteiger partial charge in [0.25, 0.3) is 6.71 Å². The SMILES string of the molecule is CCC(C)(C)c1ccc(N2c3cccc4c3B(c3ccc(-c5cc(C(C)(C)C)cc(C(C)(C)C)c5)cc3N4c3ccc(C(C)(C)C)cc3-c3ccc4c5ccccc5c5ccccc5c4c3)c3sc4ccc(C(C)(C)C)cc4c32)cc1. The molecule has 0 fully saturated rings. The van der Waals surface area contributed by atoms with Crippen LogP contribution in [0.25, 0.3) is 64.7 Å². The molecule has 0 radical (unpaired) electrons. The van der Waals surface area contributed by atoms with Crippen molar-refractivity contribution in [2.45, 2.75) is 137 Å². The van der Waals surface area contributed by atoms with Gasteiger partial charge in [-0.2, -0.15) is 0 Å². The molecule has 0 aliphatic carbocycles. The number of benzene rings is 10. The Kier molecular flexibility index (Phi) is 12.1. The lowest BCUT2D eigenvalue weighted by Gasteiger charge is -2.43. The van der Waals surface area contributed by atoms with Crippen molar-refractivity contribution in [2.75, 3.05) is 9.80 Å². The van der Waals surface area contributed by atoms with Crippen LogP contribution in [-0.2, 0) is 27.1 Å². The maximum Gasteiger partial charge on any atom is 0.264 e. The molecule has 0 spiro atoms. The van der Waals surface area contributed by atoms with Gasteiger partial charge in [0, 0.05) is 43.2 Å². The van der Waals surface area contributed by atoms with Gasteiger partial charge in [0.05, 0.1) is 11.4 Å². The van der Waals surface area contributed by atoms with Gasteiger partial charge in [0.1, 0.15) is 0 Å². The highest BCUT2D eigenvalue weighted by Gasteiger charge is 2.46. The van der Waals surface area contributed by atoms with Gasteiger partial charge >= 0.3 is 0 Å². The zero-order chi connectivity index (χ0) is 56.9. The Morgan fingerprint density at radius 2 is 0.901 bits per heavy atom. The molecule has 2 aliphatic rings. The highest BCUT2D eigenvalue weighted by molar-refractivity contribution is 7.33. The molecular weight excluding hydrogens is 996 g/mol. The van der Waals surface area contributed by atoms with Gasteiger partial charge < -0.3 is 9.80 Å². The van der Waals surface area contributed by atoms with Crippen LogP contribution >= 0.6 is 11.3 Å². The van der Waals surface area contributed by atoms with E-state index in [1.54, 1.807) is 0 Å². The summed E-state index contributed by atoms with van der Waals surface area (Å²) in [6, 6.07) is 71.4. The Morgan fingerprint density at radius 1 is 0.370 bits per heavy atom. The van der Waals surface area contributed by atoms with E-state index in [0.29, 0.717) is 0 Å². The Labute approximate surface area is 486 Å². The lowest BCUT2D eigenvalue weighted by Crippen LogP contribution is -2.60. The van der Waals surface area contributed by atoms with Gasteiger partial charge in [-0.25, -0.2) is 0 Å². The molecule has 1 aromatic heterocycles. The van der Waals surface area contributed by atoms with E-state index in [9.17, 15) is 0 Å². The summed E-state index contributed by atoms with van der Waals surface area (Å²) in [6.45, 7) is 35.2. The van der Waals surface area contributed by atoms with Crippen LogP contribution in [0.2, 0.25) is 0 Å². The van der Waals surface area contributed by atoms with Gasteiger partial charge in [-0.1, -0.05) is 225 Å². The monoisotopic (exact) mass is 1070 g/mol. The fraction of sp³-hybridized carbons (Fsp3) is 0.273. The third kappa shape index (κ3) is 8.73. The Balaban J connectivity index is 1.13. The van der Waals surface area contributed by atoms with Crippen molar-refractivity contribution >= 4 is 110 Å². The number of hydrogen-bond donors (Lipinski definition) is 0. The van der Waals surface area contributed by atoms with Gasteiger partial charge in [-0.3, -0.25) is 0 Å². The molecule has 0 bridgehead atoms. The van der Waals surface area contributed by atoms with E-state index in [-0.39, 0.29) is 33.8 Å². The fourth-order valence-corrected chi connectivity index (χ4v) is 14.3. The summed E-state index contributed by atoms with van der Waals surface area (Å²) < 4.78 is 2.71. The molecule has 10 aromatic carbocycles. The second kappa shape index (κ2) is 18.6. The number of hydrogen-bond acceptors (Lipinski definition) is 3. The first-order chi connectivity index (χ1) is 38.4. The smallest absolute Gasteiger partial charge is 0.264 e. The molecular formula is C77H77BN2S. The molecule has 0 unspecified atom stereocenters. The number of anilines is 6. The van der Waals surface area contributed by atoms with E-state index in [2.05, 4.69) is 296 Å². The molecule has 0 N–H and O–H groups in total. The van der Waals surface area contributed by atoms with Crippen LogP contribution in [0, 0.1) is 0 Å². The predicted octanol–water partition coefficient (Wildman–Crippen LogP) is 20.7. The van der Waals surface area contributed by atoms with E-state index in [1.807, 2.05) is 11.3 Å². The molecule has 3 heterocycles. The van der Waals surface area contributed by atoms with Gasteiger partial charge in [-0.15, -0.1) is 11.3 Å². The zero-order valence-corrected chi connectivity index (χ0v) is 51.2. The molecule has 13 rings (SSSR count). The van der Waals surface area contributed by atoms with E-state index in [1.165, 1.54) is 142 Å². The Hall–Kier alpha value is -7.40. The highest BCUT2D eigenvalue weighted by Crippen LogP contribution is 2.52. The lowest BCUT2D eigenvalue weighted by atomic mass is 9.36. The van der Waals surface area contributed by atoms with Crippen LogP contribution < -0.4 is 25.5 Å². The molecule has 2 aliphatic heterocycles. The van der Waals surface area contributed by atoms with Crippen molar-refractivity contribution in [1.29, 1.82) is 0 Å². The second-order valence-electron chi connectivity index (χ2n) is 28.3. The quantitative estimate of drug-likeness (QED) is 0.121. The van der Waals surface area contributed by atoms with E-state index in [0.717, 1.165) is 6.42 Å². The third-order valence-electron chi connectivity index (χ3n) is 18.4. The van der Waals surface area contributed by atoms with Crippen molar-refractivity contribution in [3.63, 3.8) is 0 Å². The number of thiophene rings is 1. The molecule has 0 saturated heterocycles. The van der Waals surface area contributed by atoms with E-state index >= 15 is 0 Å². The molecule has 11 aromatic rings. The molecule has 81 heavy (non-hydrogen) atoms. The maximum absolute atomic E-state index is 2.66.